The third-order valence-corrected chi connectivity index (χ3v) is 5.05. The molecule has 3 N–H and O–H groups in total. The van der Waals surface area contributed by atoms with Crippen molar-refractivity contribution in [2.24, 2.45) is 4.99 Å². The number of rotatable bonds is 9. The minimum atomic E-state index is -1.18. The van der Waals surface area contributed by atoms with E-state index in [0.29, 0.717) is 36.3 Å². The zero-order valence-corrected chi connectivity index (χ0v) is 18.8. The highest BCUT2D eigenvalue weighted by Crippen LogP contribution is 2.20. The first-order valence-corrected chi connectivity index (χ1v) is 10.2. The molecule has 0 bridgehead atoms. The van der Waals surface area contributed by atoms with E-state index >= 15 is 0 Å². The zero-order valence-electron chi connectivity index (χ0n) is 15.7. The summed E-state index contributed by atoms with van der Waals surface area (Å²) in [4.78, 5) is 4.41. The van der Waals surface area contributed by atoms with Crippen molar-refractivity contribution in [3.8, 4) is 0 Å². The fourth-order valence-electron chi connectivity index (χ4n) is 2.35. The first-order valence-electron chi connectivity index (χ1n) is 8.68. The summed E-state index contributed by atoms with van der Waals surface area (Å²) in [6, 6.07) is 13.3. The van der Waals surface area contributed by atoms with Crippen molar-refractivity contribution in [1.82, 2.24) is 10.6 Å². The van der Waals surface area contributed by atoms with E-state index in [1.807, 2.05) is 37.3 Å². The molecule has 2 unspecified atom stereocenters. The van der Waals surface area contributed by atoms with Crippen LogP contribution >= 0.6 is 24.0 Å². The van der Waals surface area contributed by atoms with E-state index in [1.165, 1.54) is 6.26 Å². The van der Waals surface area contributed by atoms with Gasteiger partial charge < -0.3 is 20.2 Å². The lowest BCUT2D eigenvalue weighted by atomic mass is 10.0. The SMILES string of the molecule is CCNC(=NCC(C)(O)c1ccco1)NCCS(=O)Cc1ccccc1.I. The number of guanidine groups is 1. The second-order valence-corrected chi connectivity index (χ2v) is 7.72. The number of aliphatic hydroxyl groups is 1. The number of hydrogen-bond donors (Lipinski definition) is 3. The summed E-state index contributed by atoms with van der Waals surface area (Å²) in [5.74, 6) is 2.12. The monoisotopic (exact) mass is 505 g/mol. The molecule has 0 amide bonds. The van der Waals surface area contributed by atoms with E-state index in [-0.39, 0.29) is 30.5 Å². The van der Waals surface area contributed by atoms with Gasteiger partial charge in [-0.2, -0.15) is 0 Å². The third-order valence-electron chi connectivity index (χ3n) is 3.73. The van der Waals surface area contributed by atoms with Gasteiger partial charge in [0.25, 0.3) is 0 Å². The number of benzene rings is 1. The Hall–Kier alpha value is -1.39. The molecule has 0 radical (unpaired) electrons. The van der Waals surface area contributed by atoms with Gasteiger partial charge in [-0.1, -0.05) is 30.3 Å². The van der Waals surface area contributed by atoms with Crippen LogP contribution in [0.25, 0.3) is 0 Å². The highest BCUT2D eigenvalue weighted by atomic mass is 127. The Morgan fingerprint density at radius 1 is 1.22 bits per heavy atom. The van der Waals surface area contributed by atoms with Gasteiger partial charge in [-0.3, -0.25) is 4.21 Å². The maximum absolute atomic E-state index is 12.2. The van der Waals surface area contributed by atoms with E-state index in [9.17, 15) is 9.32 Å². The Labute approximate surface area is 180 Å². The molecule has 1 heterocycles. The molecular formula is C19H28IN3O3S. The van der Waals surface area contributed by atoms with Gasteiger partial charge in [-0.05, 0) is 31.5 Å². The standard InChI is InChI=1S/C19H27N3O3S.HI/c1-3-20-18(22-15-19(2,23)17-10-7-12-25-17)21-11-13-26(24)14-16-8-5-4-6-9-16;/h4-10,12,23H,3,11,13-15H2,1-2H3,(H2,20,21,22);1H. The smallest absolute Gasteiger partial charge is 0.191 e. The Morgan fingerprint density at radius 2 is 1.96 bits per heavy atom. The third kappa shape index (κ3) is 8.44. The fraction of sp³-hybridized carbons (Fsp3) is 0.421. The molecule has 0 saturated heterocycles. The molecule has 0 aliphatic rings. The van der Waals surface area contributed by atoms with Gasteiger partial charge in [-0.25, -0.2) is 4.99 Å². The highest BCUT2D eigenvalue weighted by Gasteiger charge is 2.26. The molecule has 0 aliphatic carbocycles. The number of aliphatic imine (C=N–C) groups is 1. The summed E-state index contributed by atoms with van der Waals surface area (Å²) in [5.41, 5.74) is -0.108. The second-order valence-electron chi connectivity index (χ2n) is 6.15. The van der Waals surface area contributed by atoms with Gasteiger partial charge in [0.1, 0.15) is 11.4 Å². The first-order chi connectivity index (χ1) is 12.5. The van der Waals surface area contributed by atoms with Crippen molar-refractivity contribution in [2.75, 3.05) is 25.4 Å². The number of furan rings is 1. The molecule has 1 aromatic heterocycles. The molecule has 1 aromatic carbocycles. The van der Waals surface area contributed by atoms with Crippen LogP contribution in [0.2, 0.25) is 0 Å². The quantitative estimate of drug-likeness (QED) is 0.277. The van der Waals surface area contributed by atoms with Crippen molar-refractivity contribution in [3.63, 3.8) is 0 Å². The molecule has 0 fully saturated rings. The molecule has 150 valence electrons. The van der Waals surface area contributed by atoms with Crippen LogP contribution < -0.4 is 10.6 Å². The molecule has 0 aliphatic heterocycles. The predicted octanol–water partition coefficient (Wildman–Crippen LogP) is 2.61. The molecule has 2 aromatic rings. The Bertz CT molecular complexity index is 706. The molecule has 0 spiro atoms. The van der Waals surface area contributed by atoms with Crippen LogP contribution in [0.5, 0.6) is 0 Å². The summed E-state index contributed by atoms with van der Waals surface area (Å²) >= 11 is 0. The van der Waals surface area contributed by atoms with Crippen LogP contribution in [0.15, 0.2) is 58.1 Å². The number of nitrogens with one attached hydrogen (secondary N) is 2. The maximum Gasteiger partial charge on any atom is 0.191 e. The van der Waals surface area contributed by atoms with E-state index in [2.05, 4.69) is 15.6 Å². The van der Waals surface area contributed by atoms with E-state index < -0.39 is 16.4 Å². The molecule has 0 saturated carbocycles. The van der Waals surface area contributed by atoms with E-state index in [1.54, 1.807) is 19.1 Å². The molecule has 27 heavy (non-hydrogen) atoms. The first kappa shape index (κ1) is 23.6. The van der Waals surface area contributed by atoms with Crippen LogP contribution in [0, 0.1) is 0 Å². The lowest BCUT2D eigenvalue weighted by molar-refractivity contribution is 0.0437. The minimum absolute atomic E-state index is 0. The molecule has 6 nitrogen and oxygen atoms in total. The van der Waals surface area contributed by atoms with Crippen LogP contribution in [-0.4, -0.2) is 40.7 Å². The largest absolute Gasteiger partial charge is 0.466 e. The summed E-state index contributed by atoms with van der Waals surface area (Å²) in [5, 5.41) is 16.7. The molecular weight excluding hydrogens is 477 g/mol. The summed E-state index contributed by atoms with van der Waals surface area (Å²) < 4.78 is 17.4. The Morgan fingerprint density at radius 3 is 2.59 bits per heavy atom. The van der Waals surface area contributed by atoms with E-state index in [4.69, 9.17) is 4.42 Å². The molecule has 2 rings (SSSR count). The average Bonchev–Trinajstić information content (AvgIpc) is 3.16. The van der Waals surface area contributed by atoms with Gasteiger partial charge >= 0.3 is 0 Å². The van der Waals surface area contributed by atoms with Crippen LogP contribution in [0.1, 0.15) is 25.2 Å². The molecule has 2 atom stereocenters. The van der Waals surface area contributed by atoms with Gasteiger partial charge in [0.2, 0.25) is 0 Å². The van der Waals surface area contributed by atoms with Crippen LogP contribution in [0.3, 0.4) is 0 Å². The molecule has 8 heteroatoms. The van der Waals surface area contributed by atoms with Crippen molar-refractivity contribution in [3.05, 3.63) is 60.1 Å². The summed E-state index contributed by atoms with van der Waals surface area (Å²) in [7, 11) is -0.946. The second kappa shape index (κ2) is 12.1. The van der Waals surface area contributed by atoms with Crippen molar-refractivity contribution in [1.29, 1.82) is 0 Å². The lowest BCUT2D eigenvalue weighted by Crippen LogP contribution is -2.40. The number of nitrogens with zero attached hydrogens (tertiary/aromatic N) is 1. The topological polar surface area (TPSA) is 86.9 Å². The van der Waals surface area contributed by atoms with Crippen LogP contribution in [-0.2, 0) is 22.2 Å². The maximum atomic E-state index is 12.2. The Balaban J connectivity index is 0.00000364. The minimum Gasteiger partial charge on any atom is -0.466 e. The summed E-state index contributed by atoms with van der Waals surface area (Å²) in [6.07, 6.45) is 1.53. The number of halogens is 1. The number of hydrogen-bond acceptors (Lipinski definition) is 4. The average molecular weight is 505 g/mol. The highest BCUT2D eigenvalue weighted by molar-refractivity contribution is 14.0. The Kier molecular flexibility index (Phi) is 10.6. The van der Waals surface area contributed by atoms with Crippen LogP contribution in [0.4, 0.5) is 0 Å². The van der Waals surface area contributed by atoms with E-state index in [0.717, 1.165) is 5.56 Å². The van der Waals surface area contributed by atoms with Gasteiger partial charge in [0, 0.05) is 35.4 Å². The predicted molar refractivity (Wildman–Crippen MR) is 121 cm³/mol. The zero-order chi connectivity index (χ0) is 18.8. The van der Waals surface area contributed by atoms with Crippen molar-refractivity contribution in [2.45, 2.75) is 25.2 Å². The summed E-state index contributed by atoms with van der Waals surface area (Å²) in [6.45, 7) is 5.02. The van der Waals surface area contributed by atoms with Crippen molar-refractivity contribution >= 4 is 40.7 Å². The normalized spacial score (nSPS) is 14.7. The van der Waals surface area contributed by atoms with Gasteiger partial charge in [-0.15, -0.1) is 24.0 Å². The lowest BCUT2D eigenvalue weighted by Gasteiger charge is -2.19. The fourth-order valence-corrected chi connectivity index (χ4v) is 3.39. The van der Waals surface area contributed by atoms with Gasteiger partial charge in [0.05, 0.1) is 12.8 Å². The van der Waals surface area contributed by atoms with Crippen molar-refractivity contribution < 1.29 is 13.7 Å². The van der Waals surface area contributed by atoms with Gasteiger partial charge in [0.15, 0.2) is 5.96 Å².